The molecule has 2 atom stereocenters. The van der Waals surface area contributed by atoms with Crippen LogP contribution in [0.25, 0.3) is 0 Å². The maximum Gasteiger partial charge on any atom is 0.0251 e. The molecule has 1 aromatic rings. The summed E-state index contributed by atoms with van der Waals surface area (Å²) in [7, 11) is 0. The number of hydrogen-bond acceptors (Lipinski definition) is 2. The van der Waals surface area contributed by atoms with Crippen LogP contribution in [-0.2, 0) is 0 Å². The van der Waals surface area contributed by atoms with Crippen molar-refractivity contribution in [2.75, 3.05) is 0 Å². The number of rotatable bonds is 2. The molecule has 18 heavy (non-hydrogen) atoms. The second-order valence-electron chi connectivity index (χ2n) is 6.50. The van der Waals surface area contributed by atoms with Crippen LogP contribution in [0.4, 0.5) is 0 Å². The standard InChI is InChI=1S/C16H25NS/c1-11-5-6-12(2)14(9-11)18-15-10-16(3,4)8-7-13(15)17/h5-6,9,13,15H,7-8,10,17H2,1-4H3. The van der Waals surface area contributed by atoms with Gasteiger partial charge in [-0.2, -0.15) is 0 Å². The molecule has 1 aromatic carbocycles. The average molecular weight is 263 g/mol. The predicted octanol–water partition coefficient (Wildman–Crippen LogP) is 4.30. The Balaban J connectivity index is 2.14. The quantitative estimate of drug-likeness (QED) is 0.861. The van der Waals surface area contributed by atoms with Gasteiger partial charge in [-0.25, -0.2) is 0 Å². The van der Waals surface area contributed by atoms with Crippen LogP contribution in [0.15, 0.2) is 23.1 Å². The van der Waals surface area contributed by atoms with E-state index in [0.29, 0.717) is 16.7 Å². The maximum absolute atomic E-state index is 6.32. The van der Waals surface area contributed by atoms with Crippen molar-refractivity contribution in [1.82, 2.24) is 0 Å². The minimum Gasteiger partial charge on any atom is -0.327 e. The fourth-order valence-corrected chi connectivity index (χ4v) is 4.35. The highest BCUT2D eigenvalue weighted by Crippen LogP contribution is 2.42. The molecule has 0 aromatic heterocycles. The topological polar surface area (TPSA) is 26.0 Å². The largest absolute Gasteiger partial charge is 0.327 e. The van der Waals surface area contributed by atoms with Gasteiger partial charge < -0.3 is 5.73 Å². The number of nitrogens with two attached hydrogens (primary N) is 1. The number of benzene rings is 1. The summed E-state index contributed by atoms with van der Waals surface area (Å²) in [5.41, 5.74) is 9.48. The molecule has 1 aliphatic rings. The molecule has 0 radical (unpaired) electrons. The third-order valence-electron chi connectivity index (χ3n) is 4.01. The smallest absolute Gasteiger partial charge is 0.0251 e. The number of aryl methyl sites for hydroxylation is 2. The average Bonchev–Trinajstić information content (AvgIpc) is 2.28. The molecule has 0 bridgehead atoms. The van der Waals surface area contributed by atoms with Crippen LogP contribution in [0.1, 0.15) is 44.2 Å². The molecule has 1 nitrogen and oxygen atoms in total. The van der Waals surface area contributed by atoms with Crippen molar-refractivity contribution in [3.8, 4) is 0 Å². The molecule has 2 unspecified atom stereocenters. The Kier molecular flexibility index (Phi) is 4.08. The molecule has 1 fully saturated rings. The first-order chi connectivity index (χ1) is 8.37. The zero-order chi connectivity index (χ0) is 13.3. The van der Waals surface area contributed by atoms with Crippen LogP contribution in [0.3, 0.4) is 0 Å². The molecule has 2 heteroatoms. The predicted molar refractivity (Wildman–Crippen MR) is 81.2 cm³/mol. The summed E-state index contributed by atoms with van der Waals surface area (Å²) in [6, 6.07) is 7.05. The van der Waals surface area contributed by atoms with E-state index in [0.717, 1.165) is 6.42 Å². The van der Waals surface area contributed by atoms with Gasteiger partial charge in [0.1, 0.15) is 0 Å². The Hall–Kier alpha value is -0.470. The van der Waals surface area contributed by atoms with E-state index in [4.69, 9.17) is 5.73 Å². The van der Waals surface area contributed by atoms with E-state index in [1.807, 2.05) is 11.8 Å². The highest BCUT2D eigenvalue weighted by Gasteiger charge is 2.33. The molecule has 0 spiro atoms. The van der Waals surface area contributed by atoms with Crippen molar-refractivity contribution in [1.29, 1.82) is 0 Å². The van der Waals surface area contributed by atoms with E-state index in [1.54, 1.807) is 0 Å². The monoisotopic (exact) mass is 263 g/mol. The van der Waals surface area contributed by atoms with Gasteiger partial charge in [0.15, 0.2) is 0 Å². The van der Waals surface area contributed by atoms with E-state index in [9.17, 15) is 0 Å². The van der Waals surface area contributed by atoms with Crippen LogP contribution in [0.2, 0.25) is 0 Å². The van der Waals surface area contributed by atoms with Gasteiger partial charge in [0.05, 0.1) is 0 Å². The summed E-state index contributed by atoms with van der Waals surface area (Å²) in [6.07, 6.45) is 3.65. The van der Waals surface area contributed by atoms with Gasteiger partial charge in [-0.3, -0.25) is 0 Å². The molecule has 0 saturated heterocycles. The van der Waals surface area contributed by atoms with Crippen molar-refractivity contribution in [2.24, 2.45) is 11.1 Å². The van der Waals surface area contributed by atoms with Crippen molar-refractivity contribution in [2.45, 2.75) is 63.1 Å². The Morgan fingerprint density at radius 2 is 2.00 bits per heavy atom. The number of thioether (sulfide) groups is 1. The van der Waals surface area contributed by atoms with Crippen LogP contribution >= 0.6 is 11.8 Å². The van der Waals surface area contributed by atoms with Crippen LogP contribution in [-0.4, -0.2) is 11.3 Å². The molecule has 1 aliphatic carbocycles. The summed E-state index contributed by atoms with van der Waals surface area (Å²) >= 11 is 1.99. The SMILES string of the molecule is Cc1ccc(C)c(SC2CC(C)(C)CCC2N)c1. The van der Waals surface area contributed by atoms with Gasteiger partial charge in [-0.1, -0.05) is 31.5 Å². The second-order valence-corrected chi connectivity index (χ2v) is 7.78. The Morgan fingerprint density at radius 3 is 2.72 bits per heavy atom. The van der Waals surface area contributed by atoms with Crippen molar-refractivity contribution < 1.29 is 0 Å². The first kappa shape index (κ1) is 14.0. The summed E-state index contributed by atoms with van der Waals surface area (Å²) in [6.45, 7) is 9.10. The Bertz CT molecular complexity index is 425. The van der Waals surface area contributed by atoms with Gasteiger partial charge in [0.2, 0.25) is 0 Å². The lowest BCUT2D eigenvalue weighted by Crippen LogP contribution is -2.41. The second kappa shape index (κ2) is 5.26. The molecular weight excluding hydrogens is 238 g/mol. The normalized spacial score (nSPS) is 27.2. The Morgan fingerprint density at radius 1 is 1.28 bits per heavy atom. The molecule has 1 saturated carbocycles. The fraction of sp³-hybridized carbons (Fsp3) is 0.625. The van der Waals surface area contributed by atoms with Gasteiger partial charge >= 0.3 is 0 Å². The lowest BCUT2D eigenvalue weighted by molar-refractivity contribution is 0.232. The lowest BCUT2D eigenvalue weighted by Gasteiger charge is -2.39. The summed E-state index contributed by atoms with van der Waals surface area (Å²) < 4.78 is 0. The minimum absolute atomic E-state index is 0.350. The van der Waals surface area contributed by atoms with E-state index in [2.05, 4.69) is 45.9 Å². The maximum atomic E-state index is 6.32. The fourth-order valence-electron chi connectivity index (χ4n) is 2.67. The molecular formula is C16H25NS. The Labute approximate surface area is 116 Å². The summed E-state index contributed by atoms with van der Waals surface area (Å²) in [4.78, 5) is 1.41. The van der Waals surface area contributed by atoms with E-state index < -0.39 is 0 Å². The highest BCUT2D eigenvalue weighted by molar-refractivity contribution is 8.00. The molecule has 0 amide bonds. The van der Waals surface area contributed by atoms with Crippen LogP contribution < -0.4 is 5.73 Å². The number of hydrogen-bond donors (Lipinski definition) is 1. The van der Waals surface area contributed by atoms with Crippen LogP contribution in [0.5, 0.6) is 0 Å². The van der Waals surface area contributed by atoms with Crippen molar-refractivity contribution in [3.05, 3.63) is 29.3 Å². The van der Waals surface area contributed by atoms with Crippen LogP contribution in [0, 0.1) is 19.3 Å². The first-order valence-corrected chi connectivity index (χ1v) is 7.75. The van der Waals surface area contributed by atoms with Crippen molar-refractivity contribution >= 4 is 11.8 Å². The summed E-state index contributed by atoms with van der Waals surface area (Å²) in [5, 5.41) is 0.564. The molecule has 0 aliphatic heterocycles. The van der Waals surface area contributed by atoms with Gasteiger partial charge in [-0.05, 0) is 50.2 Å². The third-order valence-corrected chi connectivity index (χ3v) is 5.52. The van der Waals surface area contributed by atoms with Crippen molar-refractivity contribution in [3.63, 3.8) is 0 Å². The first-order valence-electron chi connectivity index (χ1n) is 6.87. The highest BCUT2D eigenvalue weighted by atomic mass is 32.2. The molecule has 0 heterocycles. The third kappa shape index (κ3) is 3.30. The molecule has 2 rings (SSSR count). The van der Waals surface area contributed by atoms with E-state index in [-0.39, 0.29) is 0 Å². The summed E-state index contributed by atoms with van der Waals surface area (Å²) in [5.74, 6) is 0. The van der Waals surface area contributed by atoms with Gasteiger partial charge in [-0.15, -0.1) is 11.8 Å². The van der Waals surface area contributed by atoms with Gasteiger partial charge in [0.25, 0.3) is 0 Å². The molecule has 2 N–H and O–H groups in total. The van der Waals surface area contributed by atoms with E-state index in [1.165, 1.54) is 28.9 Å². The molecule has 100 valence electrons. The van der Waals surface area contributed by atoms with Gasteiger partial charge in [0, 0.05) is 16.2 Å². The van der Waals surface area contributed by atoms with E-state index >= 15 is 0 Å². The zero-order valence-corrected chi connectivity index (χ0v) is 12.8. The minimum atomic E-state index is 0.350. The lowest BCUT2D eigenvalue weighted by atomic mass is 9.75. The zero-order valence-electron chi connectivity index (χ0n) is 12.0.